The van der Waals surface area contributed by atoms with Gasteiger partial charge in [0.05, 0.1) is 6.26 Å². The summed E-state index contributed by atoms with van der Waals surface area (Å²) in [5.41, 5.74) is 5.49. The Morgan fingerprint density at radius 1 is 1.11 bits per heavy atom. The van der Waals surface area contributed by atoms with Crippen LogP contribution in [-0.2, 0) is 6.42 Å². The van der Waals surface area contributed by atoms with Crippen LogP contribution in [0.4, 0.5) is 0 Å². The van der Waals surface area contributed by atoms with Crippen LogP contribution in [0, 0.1) is 20.8 Å². The molecule has 2 rings (SSSR count). The van der Waals surface area contributed by atoms with Crippen molar-refractivity contribution < 1.29 is 4.42 Å². The molecule has 0 spiro atoms. The lowest BCUT2D eigenvalue weighted by Gasteiger charge is -2.20. The molecule has 0 amide bonds. The topological polar surface area (TPSA) is 25.2 Å². The van der Waals surface area contributed by atoms with Crippen LogP contribution in [0.25, 0.3) is 0 Å². The van der Waals surface area contributed by atoms with Gasteiger partial charge in [-0.05, 0) is 68.6 Å². The van der Waals surface area contributed by atoms with Crippen molar-refractivity contribution >= 4 is 0 Å². The second-order valence-electron chi connectivity index (χ2n) is 5.25. The summed E-state index contributed by atoms with van der Waals surface area (Å²) in [6, 6.07) is 8.96. The van der Waals surface area contributed by atoms with E-state index in [1.165, 1.54) is 22.3 Å². The average molecular weight is 257 g/mol. The van der Waals surface area contributed by atoms with Gasteiger partial charge in [-0.15, -0.1) is 0 Å². The SMILES string of the molecule is CNC(CCc1ccco1)c1cc(C)c(C)cc1C. The Kier molecular flexibility index (Phi) is 4.43. The van der Waals surface area contributed by atoms with Crippen LogP contribution in [-0.4, -0.2) is 7.05 Å². The van der Waals surface area contributed by atoms with Crippen molar-refractivity contribution in [3.05, 3.63) is 58.5 Å². The van der Waals surface area contributed by atoms with Gasteiger partial charge in [0.15, 0.2) is 0 Å². The maximum absolute atomic E-state index is 5.41. The van der Waals surface area contributed by atoms with Gasteiger partial charge in [0, 0.05) is 12.5 Å². The molecule has 2 aromatic rings. The maximum atomic E-state index is 5.41. The van der Waals surface area contributed by atoms with E-state index in [1.54, 1.807) is 6.26 Å². The van der Waals surface area contributed by atoms with E-state index in [4.69, 9.17) is 4.42 Å². The van der Waals surface area contributed by atoms with E-state index in [2.05, 4.69) is 38.2 Å². The molecule has 0 bridgehead atoms. The number of aryl methyl sites for hydroxylation is 4. The first-order valence-electron chi connectivity index (χ1n) is 6.89. The first-order valence-corrected chi connectivity index (χ1v) is 6.89. The van der Waals surface area contributed by atoms with Crippen LogP contribution in [0.15, 0.2) is 34.9 Å². The van der Waals surface area contributed by atoms with Gasteiger partial charge in [0.1, 0.15) is 5.76 Å². The maximum Gasteiger partial charge on any atom is 0.103 e. The van der Waals surface area contributed by atoms with E-state index < -0.39 is 0 Å². The van der Waals surface area contributed by atoms with Crippen LogP contribution in [0.1, 0.15) is 40.5 Å². The Morgan fingerprint density at radius 3 is 2.47 bits per heavy atom. The summed E-state index contributed by atoms with van der Waals surface area (Å²) in [7, 11) is 2.03. The summed E-state index contributed by atoms with van der Waals surface area (Å²) < 4.78 is 5.41. The lowest BCUT2D eigenvalue weighted by molar-refractivity contribution is 0.468. The minimum Gasteiger partial charge on any atom is -0.469 e. The largest absolute Gasteiger partial charge is 0.469 e. The van der Waals surface area contributed by atoms with Crippen molar-refractivity contribution in [1.82, 2.24) is 5.32 Å². The highest BCUT2D eigenvalue weighted by atomic mass is 16.3. The number of hydrogen-bond acceptors (Lipinski definition) is 2. The molecule has 0 radical (unpaired) electrons. The van der Waals surface area contributed by atoms with Crippen molar-refractivity contribution in [2.24, 2.45) is 0 Å². The van der Waals surface area contributed by atoms with E-state index in [0.29, 0.717) is 6.04 Å². The van der Waals surface area contributed by atoms with Crippen molar-refractivity contribution in [3.63, 3.8) is 0 Å². The molecule has 0 fully saturated rings. The summed E-state index contributed by atoms with van der Waals surface area (Å²) in [5.74, 6) is 1.06. The number of benzene rings is 1. The summed E-state index contributed by atoms with van der Waals surface area (Å²) in [6.45, 7) is 6.54. The fourth-order valence-electron chi connectivity index (χ4n) is 2.56. The highest BCUT2D eigenvalue weighted by molar-refractivity contribution is 5.38. The molecule has 0 saturated carbocycles. The molecule has 2 heteroatoms. The number of nitrogens with one attached hydrogen (secondary N) is 1. The van der Waals surface area contributed by atoms with E-state index in [1.807, 2.05) is 19.2 Å². The summed E-state index contributed by atoms with van der Waals surface area (Å²) in [4.78, 5) is 0. The highest BCUT2D eigenvalue weighted by Gasteiger charge is 2.13. The molecular formula is C17H23NO. The highest BCUT2D eigenvalue weighted by Crippen LogP contribution is 2.25. The van der Waals surface area contributed by atoms with Gasteiger partial charge in [0.25, 0.3) is 0 Å². The van der Waals surface area contributed by atoms with Gasteiger partial charge in [0.2, 0.25) is 0 Å². The molecule has 102 valence electrons. The lowest BCUT2D eigenvalue weighted by atomic mass is 9.93. The van der Waals surface area contributed by atoms with Crippen LogP contribution >= 0.6 is 0 Å². The standard InChI is InChI=1S/C17H23NO/c1-12-10-14(3)16(11-13(12)2)17(18-4)8-7-15-6-5-9-19-15/h5-6,9-11,17-18H,7-8H2,1-4H3. The molecule has 1 N–H and O–H groups in total. The third-order valence-corrected chi connectivity index (χ3v) is 3.87. The fraction of sp³-hybridized carbons (Fsp3) is 0.412. The molecule has 0 aliphatic carbocycles. The molecule has 0 aliphatic rings. The number of hydrogen-bond donors (Lipinski definition) is 1. The van der Waals surface area contributed by atoms with E-state index >= 15 is 0 Å². The molecular weight excluding hydrogens is 234 g/mol. The Hall–Kier alpha value is -1.54. The summed E-state index contributed by atoms with van der Waals surface area (Å²) >= 11 is 0. The zero-order valence-electron chi connectivity index (χ0n) is 12.3. The summed E-state index contributed by atoms with van der Waals surface area (Å²) in [6.07, 6.45) is 3.75. The smallest absolute Gasteiger partial charge is 0.103 e. The van der Waals surface area contributed by atoms with Crippen molar-refractivity contribution in [3.8, 4) is 0 Å². The zero-order chi connectivity index (χ0) is 13.8. The molecule has 0 aliphatic heterocycles. The molecule has 1 aromatic heterocycles. The third-order valence-electron chi connectivity index (χ3n) is 3.87. The second kappa shape index (κ2) is 6.07. The third kappa shape index (κ3) is 3.27. The number of furan rings is 1. The van der Waals surface area contributed by atoms with Gasteiger partial charge in [-0.2, -0.15) is 0 Å². The van der Waals surface area contributed by atoms with Gasteiger partial charge >= 0.3 is 0 Å². The van der Waals surface area contributed by atoms with Crippen LogP contribution in [0.5, 0.6) is 0 Å². The van der Waals surface area contributed by atoms with E-state index in [0.717, 1.165) is 18.6 Å². The molecule has 0 saturated heterocycles. The molecule has 1 heterocycles. The predicted molar refractivity (Wildman–Crippen MR) is 79.5 cm³/mol. The minimum atomic E-state index is 0.379. The Morgan fingerprint density at radius 2 is 1.84 bits per heavy atom. The predicted octanol–water partition coefficient (Wildman–Crippen LogP) is 4.10. The van der Waals surface area contributed by atoms with Crippen LogP contribution in [0.3, 0.4) is 0 Å². The molecule has 19 heavy (non-hydrogen) atoms. The van der Waals surface area contributed by atoms with E-state index in [-0.39, 0.29) is 0 Å². The first-order chi connectivity index (χ1) is 9.11. The van der Waals surface area contributed by atoms with Gasteiger partial charge in [-0.1, -0.05) is 12.1 Å². The lowest BCUT2D eigenvalue weighted by Crippen LogP contribution is -2.18. The van der Waals surface area contributed by atoms with Crippen molar-refractivity contribution in [2.75, 3.05) is 7.05 Å². The van der Waals surface area contributed by atoms with Crippen molar-refractivity contribution in [2.45, 2.75) is 39.7 Å². The Balaban J connectivity index is 2.15. The Bertz CT molecular complexity index is 528. The minimum absolute atomic E-state index is 0.379. The van der Waals surface area contributed by atoms with Gasteiger partial charge in [-0.3, -0.25) is 0 Å². The first kappa shape index (κ1) is 13.9. The molecule has 2 nitrogen and oxygen atoms in total. The monoisotopic (exact) mass is 257 g/mol. The molecule has 1 unspecified atom stereocenters. The normalized spacial score (nSPS) is 12.6. The number of rotatable bonds is 5. The van der Waals surface area contributed by atoms with E-state index in [9.17, 15) is 0 Å². The zero-order valence-corrected chi connectivity index (χ0v) is 12.3. The summed E-state index contributed by atoms with van der Waals surface area (Å²) in [5, 5.41) is 3.43. The average Bonchev–Trinajstić information content (AvgIpc) is 2.89. The molecule has 1 aromatic carbocycles. The fourth-order valence-corrected chi connectivity index (χ4v) is 2.56. The van der Waals surface area contributed by atoms with Crippen LogP contribution in [0.2, 0.25) is 0 Å². The molecule has 1 atom stereocenters. The quantitative estimate of drug-likeness (QED) is 0.872. The van der Waals surface area contributed by atoms with Crippen molar-refractivity contribution in [1.29, 1.82) is 0 Å². The van der Waals surface area contributed by atoms with Gasteiger partial charge in [-0.25, -0.2) is 0 Å². The van der Waals surface area contributed by atoms with Crippen LogP contribution < -0.4 is 5.32 Å². The second-order valence-corrected chi connectivity index (χ2v) is 5.25. The van der Waals surface area contributed by atoms with Gasteiger partial charge < -0.3 is 9.73 Å². The Labute approximate surface area is 115 Å².